The van der Waals surface area contributed by atoms with Crippen molar-refractivity contribution in [2.45, 2.75) is 6.42 Å². The highest BCUT2D eigenvalue weighted by Gasteiger charge is 2.11. The van der Waals surface area contributed by atoms with Gasteiger partial charge in [-0.2, -0.15) is 0 Å². The van der Waals surface area contributed by atoms with Gasteiger partial charge in [-0.15, -0.1) is 0 Å². The highest BCUT2D eigenvalue weighted by Crippen LogP contribution is 2.19. The Labute approximate surface area is 132 Å². The van der Waals surface area contributed by atoms with Crippen molar-refractivity contribution in [3.63, 3.8) is 0 Å². The molecule has 2 N–H and O–H groups in total. The average Bonchev–Trinajstić information content (AvgIpc) is 2.55. The minimum atomic E-state index is -1.05. The van der Waals surface area contributed by atoms with Gasteiger partial charge < -0.3 is 19.7 Å². The molecule has 0 heterocycles. The monoisotopic (exact) mass is 316 g/mol. The summed E-state index contributed by atoms with van der Waals surface area (Å²) >= 11 is 0. The van der Waals surface area contributed by atoms with Gasteiger partial charge in [0.15, 0.2) is 0 Å². The van der Waals surface area contributed by atoms with Gasteiger partial charge in [0, 0.05) is 6.42 Å². The molecule has 0 aliphatic carbocycles. The van der Waals surface area contributed by atoms with E-state index in [2.05, 4.69) is 0 Å². The van der Waals surface area contributed by atoms with E-state index in [1.54, 1.807) is 36.4 Å². The van der Waals surface area contributed by atoms with Gasteiger partial charge in [0.2, 0.25) is 0 Å². The van der Waals surface area contributed by atoms with Crippen molar-refractivity contribution in [2.75, 3.05) is 13.2 Å². The van der Waals surface area contributed by atoms with E-state index < -0.39 is 11.9 Å². The second-order valence-corrected chi connectivity index (χ2v) is 4.65. The van der Waals surface area contributed by atoms with Crippen LogP contribution in [0, 0.1) is 0 Å². The van der Waals surface area contributed by atoms with E-state index in [0.717, 1.165) is 0 Å². The van der Waals surface area contributed by atoms with Gasteiger partial charge in [-0.3, -0.25) is 0 Å². The van der Waals surface area contributed by atoms with Crippen molar-refractivity contribution in [1.82, 2.24) is 0 Å². The molecule has 0 unspecified atom stereocenters. The molecule has 0 spiro atoms. The van der Waals surface area contributed by atoms with E-state index >= 15 is 0 Å². The molecule has 0 aliphatic rings. The summed E-state index contributed by atoms with van der Waals surface area (Å²) in [5, 5.41) is 18.1. The normalized spacial score (nSPS) is 10.1. The molecule has 2 aromatic rings. The van der Waals surface area contributed by atoms with Crippen molar-refractivity contribution in [3.8, 4) is 11.5 Å². The van der Waals surface area contributed by atoms with Gasteiger partial charge in [-0.1, -0.05) is 24.3 Å². The summed E-state index contributed by atoms with van der Waals surface area (Å²) in [5.74, 6) is -1.50. The van der Waals surface area contributed by atoms with Crippen molar-refractivity contribution < 1.29 is 29.3 Å². The zero-order valence-corrected chi connectivity index (χ0v) is 12.3. The van der Waals surface area contributed by atoms with Crippen molar-refractivity contribution in [1.29, 1.82) is 0 Å². The maximum absolute atomic E-state index is 11.0. The molecule has 6 heteroatoms. The average molecular weight is 316 g/mol. The van der Waals surface area contributed by atoms with Crippen LogP contribution in [-0.2, 0) is 0 Å². The van der Waals surface area contributed by atoms with Crippen LogP contribution in [0.3, 0.4) is 0 Å². The SMILES string of the molecule is O=C(O)c1ccccc1OCCCOc1ccccc1C(=O)O. The highest BCUT2D eigenvalue weighted by molar-refractivity contribution is 5.91. The first-order valence-corrected chi connectivity index (χ1v) is 7.00. The molecule has 23 heavy (non-hydrogen) atoms. The van der Waals surface area contributed by atoms with E-state index in [1.165, 1.54) is 12.1 Å². The maximum atomic E-state index is 11.0. The van der Waals surface area contributed by atoms with Gasteiger partial charge in [-0.05, 0) is 24.3 Å². The van der Waals surface area contributed by atoms with Crippen LogP contribution in [0.2, 0.25) is 0 Å². The predicted molar refractivity (Wildman–Crippen MR) is 82.4 cm³/mol. The van der Waals surface area contributed by atoms with E-state index in [1.807, 2.05) is 0 Å². The number of ether oxygens (including phenoxy) is 2. The largest absolute Gasteiger partial charge is 0.493 e. The zero-order valence-electron chi connectivity index (χ0n) is 12.3. The zero-order chi connectivity index (χ0) is 16.7. The third-order valence-electron chi connectivity index (χ3n) is 3.04. The first-order valence-electron chi connectivity index (χ1n) is 7.00. The van der Waals surface area contributed by atoms with Crippen LogP contribution in [0.1, 0.15) is 27.1 Å². The summed E-state index contributed by atoms with van der Waals surface area (Å²) in [4.78, 5) is 22.1. The Balaban J connectivity index is 1.83. The van der Waals surface area contributed by atoms with Crippen LogP contribution < -0.4 is 9.47 Å². The van der Waals surface area contributed by atoms with E-state index in [0.29, 0.717) is 17.9 Å². The lowest BCUT2D eigenvalue weighted by atomic mass is 10.2. The summed E-state index contributed by atoms with van der Waals surface area (Å²) in [6, 6.07) is 12.8. The fourth-order valence-electron chi connectivity index (χ4n) is 1.96. The lowest BCUT2D eigenvalue weighted by Crippen LogP contribution is -2.09. The van der Waals surface area contributed by atoms with E-state index in [-0.39, 0.29) is 24.3 Å². The molecule has 0 radical (unpaired) electrons. The van der Waals surface area contributed by atoms with Crippen LogP contribution in [0.4, 0.5) is 0 Å². The number of para-hydroxylation sites is 2. The quantitative estimate of drug-likeness (QED) is 0.727. The first-order chi connectivity index (χ1) is 11.1. The number of carboxylic acid groups (broad SMARTS) is 2. The summed E-state index contributed by atoms with van der Waals surface area (Å²) in [7, 11) is 0. The summed E-state index contributed by atoms with van der Waals surface area (Å²) < 4.78 is 10.9. The molecule has 0 fully saturated rings. The molecule has 0 aliphatic heterocycles. The molecule has 0 aromatic heterocycles. The topological polar surface area (TPSA) is 93.1 Å². The van der Waals surface area contributed by atoms with Crippen molar-refractivity contribution in [3.05, 3.63) is 59.7 Å². The van der Waals surface area contributed by atoms with Gasteiger partial charge in [0.25, 0.3) is 0 Å². The van der Waals surface area contributed by atoms with E-state index in [4.69, 9.17) is 19.7 Å². The fourth-order valence-corrected chi connectivity index (χ4v) is 1.96. The van der Waals surface area contributed by atoms with Crippen molar-refractivity contribution >= 4 is 11.9 Å². The minimum Gasteiger partial charge on any atom is -0.493 e. The van der Waals surface area contributed by atoms with Crippen LogP contribution in [0.25, 0.3) is 0 Å². The third-order valence-corrected chi connectivity index (χ3v) is 3.04. The maximum Gasteiger partial charge on any atom is 0.339 e. The first kappa shape index (κ1) is 16.4. The summed E-state index contributed by atoms with van der Waals surface area (Å²) in [6.07, 6.45) is 0.488. The molecule has 0 amide bonds. The number of benzene rings is 2. The molecule has 2 rings (SSSR count). The Kier molecular flexibility index (Phi) is 5.57. The smallest absolute Gasteiger partial charge is 0.339 e. The molecule has 0 atom stereocenters. The Morgan fingerprint density at radius 1 is 0.739 bits per heavy atom. The van der Waals surface area contributed by atoms with E-state index in [9.17, 15) is 9.59 Å². The Hall–Kier alpha value is -3.02. The molecule has 120 valence electrons. The Bertz CT molecular complexity index is 635. The molecular formula is C17H16O6. The van der Waals surface area contributed by atoms with Gasteiger partial charge >= 0.3 is 11.9 Å². The lowest BCUT2D eigenvalue weighted by molar-refractivity contribution is 0.0682. The lowest BCUT2D eigenvalue weighted by Gasteiger charge is -2.11. The van der Waals surface area contributed by atoms with Crippen LogP contribution >= 0.6 is 0 Å². The van der Waals surface area contributed by atoms with Gasteiger partial charge in [0.05, 0.1) is 13.2 Å². The number of hydrogen-bond donors (Lipinski definition) is 2. The molecule has 2 aromatic carbocycles. The second kappa shape index (κ2) is 7.84. The van der Waals surface area contributed by atoms with Crippen LogP contribution in [0.5, 0.6) is 11.5 Å². The minimum absolute atomic E-state index is 0.102. The number of aromatic carboxylic acids is 2. The summed E-state index contributed by atoms with van der Waals surface area (Å²) in [6.45, 7) is 0.527. The van der Waals surface area contributed by atoms with Crippen LogP contribution in [0.15, 0.2) is 48.5 Å². The highest BCUT2D eigenvalue weighted by atomic mass is 16.5. The predicted octanol–water partition coefficient (Wildman–Crippen LogP) is 2.93. The third kappa shape index (κ3) is 4.47. The Morgan fingerprint density at radius 2 is 1.13 bits per heavy atom. The molecule has 6 nitrogen and oxygen atoms in total. The summed E-state index contributed by atoms with van der Waals surface area (Å²) in [5.41, 5.74) is 0.203. The number of carbonyl (C=O) groups is 2. The Morgan fingerprint density at radius 3 is 1.52 bits per heavy atom. The van der Waals surface area contributed by atoms with Gasteiger partial charge in [-0.25, -0.2) is 9.59 Å². The number of hydrogen-bond acceptors (Lipinski definition) is 4. The molecule has 0 saturated carbocycles. The van der Waals surface area contributed by atoms with Crippen molar-refractivity contribution in [2.24, 2.45) is 0 Å². The van der Waals surface area contributed by atoms with Crippen LogP contribution in [-0.4, -0.2) is 35.4 Å². The molecule has 0 bridgehead atoms. The fraction of sp³-hybridized carbons (Fsp3) is 0.176. The number of rotatable bonds is 8. The number of carboxylic acids is 2. The second-order valence-electron chi connectivity index (χ2n) is 4.65. The molecular weight excluding hydrogens is 300 g/mol. The van der Waals surface area contributed by atoms with Gasteiger partial charge in [0.1, 0.15) is 22.6 Å². The standard InChI is InChI=1S/C17H16O6/c18-16(19)12-6-1-3-8-14(12)22-10-5-11-23-15-9-4-2-7-13(15)17(20)21/h1-4,6-9H,5,10-11H2,(H,18,19)(H,20,21). The molecule has 0 saturated heterocycles.